The third-order valence-corrected chi connectivity index (χ3v) is 27.1. The molecule has 12 heterocycles. The van der Waals surface area contributed by atoms with Gasteiger partial charge in [0.15, 0.2) is 43.4 Å². The number of methoxy groups -OCH3 is 3. The van der Waals surface area contributed by atoms with Crippen LogP contribution < -0.4 is 21.3 Å². The Balaban J connectivity index is 0.000000152. The predicted octanol–water partition coefficient (Wildman–Crippen LogP) is 10.3. The number of carbonyl (C=O) groups is 8. The number of thiazole rings is 4. The summed E-state index contributed by atoms with van der Waals surface area (Å²) in [5, 5.41) is 61.2. The average molecular weight is 2110 g/mol. The third kappa shape index (κ3) is 24.3. The lowest BCUT2D eigenvalue weighted by molar-refractivity contribution is -0.156. The smallest absolute Gasteiger partial charge is 0.338 e. The summed E-state index contributed by atoms with van der Waals surface area (Å²) in [6.45, 7) is 8.49. The van der Waals surface area contributed by atoms with Crippen molar-refractivity contribution >= 4 is 172 Å². The van der Waals surface area contributed by atoms with E-state index in [0.717, 1.165) is 12.1 Å². The standard InChI is InChI=1S/C23H24ClFN4O5S.C22H22BrFN4O5S.C21H20BrFN4O5S.C21H20ClFN4O5S/c1-3-33-23(32)17-16(11-29-7-8-34-12(2)19(29)22(30)31)27-20(21-26-6-9-35-21)28-18(17)14-5-4-13(25)10-15(14)24;1-11-18(21(29)30)28(6-7-33-11)10-15-16(22(31)32-2)17(13-4-3-12(24)9-14(13)23)27-19(26-15)20-25-5-8-34-20;2*1-31-21(30)16-14(9-27-5-6-32-10-15(27)20(28)29)25-18(19-24-4-7-33-19)26-17(16)12-3-2-11(23)8-13(12)22/h4-6,9-10,12,18-19H,3,7-8,11H2,1-2H3,(H,27,28)(H,30,31);3-5,8-9,11,17-18H,6-7,10H2,1-2H3,(H,26,27)(H,29,30);2*2-4,7-8,15,17H,5-6,9-10H2,1H3,(H,25,26)(H,28,29)/t12-,18?,19+;11-,17?,18+;2*15-,17?/m1100/s1. The van der Waals surface area contributed by atoms with Gasteiger partial charge in [-0.2, -0.15) is 0 Å². The van der Waals surface area contributed by atoms with E-state index in [2.05, 4.69) is 78.1 Å². The summed E-state index contributed by atoms with van der Waals surface area (Å²) in [7, 11) is 3.77. The zero-order chi connectivity index (χ0) is 96.6. The van der Waals surface area contributed by atoms with Gasteiger partial charge in [-0.05, 0) is 80.4 Å². The van der Waals surface area contributed by atoms with Gasteiger partial charge in [0.05, 0.1) is 102 Å². The molecule has 8 aliphatic heterocycles. The number of carbonyl (C=O) groups excluding carboxylic acids is 4. The Morgan fingerprint density at radius 3 is 0.993 bits per heavy atom. The van der Waals surface area contributed by atoms with Gasteiger partial charge in [-0.1, -0.05) is 79.3 Å². The number of amidine groups is 4. The maximum atomic E-state index is 13.8. The lowest BCUT2D eigenvalue weighted by Crippen LogP contribution is -2.56. The van der Waals surface area contributed by atoms with Gasteiger partial charge in [-0.25, -0.2) is 56.7 Å². The normalized spacial score (nSPS) is 22.3. The highest BCUT2D eigenvalue weighted by atomic mass is 79.9. The second-order valence-electron chi connectivity index (χ2n) is 30.3. The maximum Gasteiger partial charge on any atom is 0.338 e. The number of aromatic nitrogens is 4. The molecule has 0 aliphatic carbocycles. The second kappa shape index (κ2) is 46.7. The third-order valence-electron chi connectivity index (χ3n) is 22.0. The van der Waals surface area contributed by atoms with Crippen LogP contribution in [-0.4, -0.2) is 287 Å². The molecule has 0 radical (unpaired) electrons. The monoisotopic (exact) mass is 2110 g/mol. The number of hydrogen-bond acceptors (Lipinski definition) is 36. The SMILES string of the molecule is CCOC(=O)C1=C(CN2CCO[C@H](C)[C@H]2C(=O)O)NC(c2nccs2)=NC1c1ccc(F)cc1Cl.COC(=O)C1=C(CN2CCOC[C@H]2C(=O)O)NC(c2nccs2)=NC1c1ccc(F)cc1Br.COC(=O)C1=C(CN2CCOC[C@H]2C(=O)O)NC(c2nccs2)=NC1c1ccc(F)cc1Cl.COC(=O)C1=C(CN2CCO[C@H](C)[C@H]2C(=O)O)NC(c2nccs2)=NC1c1ccc(F)cc1Br. The van der Waals surface area contributed by atoms with Gasteiger partial charge in [0.25, 0.3) is 0 Å². The van der Waals surface area contributed by atoms with Crippen molar-refractivity contribution in [3.63, 3.8) is 0 Å². The highest BCUT2D eigenvalue weighted by Crippen LogP contribution is 2.43. The first kappa shape index (κ1) is 101. The van der Waals surface area contributed by atoms with Crippen molar-refractivity contribution in [1.29, 1.82) is 0 Å². The van der Waals surface area contributed by atoms with Gasteiger partial charge in [-0.15, -0.1) is 45.3 Å². The van der Waals surface area contributed by atoms with Crippen molar-refractivity contribution in [2.45, 2.75) is 81.3 Å². The molecule has 4 fully saturated rings. The molecule has 0 amide bonds. The summed E-state index contributed by atoms with van der Waals surface area (Å²) in [5.41, 5.74) is 4.37. The van der Waals surface area contributed by atoms with Crippen molar-refractivity contribution in [3.8, 4) is 0 Å². The first-order valence-electron chi connectivity index (χ1n) is 41.3. The van der Waals surface area contributed by atoms with E-state index >= 15 is 0 Å². The van der Waals surface area contributed by atoms with E-state index in [4.69, 9.17) is 76.1 Å². The van der Waals surface area contributed by atoms with E-state index in [0.29, 0.717) is 150 Å². The minimum Gasteiger partial charge on any atom is -0.480 e. The summed E-state index contributed by atoms with van der Waals surface area (Å²) < 4.78 is 98.2. The number of halogens is 8. The molecule has 0 bridgehead atoms. The summed E-state index contributed by atoms with van der Waals surface area (Å²) >= 11 is 24.9. The number of benzene rings is 4. The van der Waals surface area contributed by atoms with Gasteiger partial charge in [0.2, 0.25) is 0 Å². The molecule has 0 saturated carbocycles. The van der Waals surface area contributed by atoms with E-state index in [-0.39, 0.29) is 78.3 Å². The van der Waals surface area contributed by atoms with E-state index in [9.17, 15) is 76.3 Å². The summed E-state index contributed by atoms with van der Waals surface area (Å²) in [6, 6.07) is 8.93. The Morgan fingerprint density at radius 1 is 0.430 bits per heavy atom. The summed E-state index contributed by atoms with van der Waals surface area (Å²) in [5.74, 6) is -6.94. The largest absolute Gasteiger partial charge is 0.480 e. The van der Waals surface area contributed by atoms with Gasteiger partial charge in [0.1, 0.15) is 71.6 Å². The van der Waals surface area contributed by atoms with Gasteiger partial charge in [-0.3, -0.25) is 58.7 Å². The Hall–Kier alpha value is -11.1. The fourth-order valence-electron chi connectivity index (χ4n) is 15.7. The lowest BCUT2D eigenvalue weighted by Gasteiger charge is -2.38. The fourth-order valence-corrected chi connectivity index (χ4v) is 19.8. The number of carboxylic acids is 4. The van der Waals surface area contributed by atoms with Crippen molar-refractivity contribution in [2.75, 3.05) is 120 Å². The van der Waals surface area contributed by atoms with Crippen LogP contribution in [0.15, 0.2) is 193 Å². The number of nitrogens with one attached hydrogen (secondary N) is 4. The Kier molecular flexibility index (Phi) is 35.0. The van der Waals surface area contributed by atoms with Crippen LogP contribution in [0.4, 0.5) is 17.6 Å². The van der Waals surface area contributed by atoms with Crippen molar-refractivity contribution in [1.82, 2.24) is 60.8 Å². The first-order chi connectivity index (χ1) is 64.9. The average Bonchev–Trinajstić information content (AvgIpc) is 1.78. The fraction of sp³-hybridized carbons (Fsp3) is 0.356. The molecule has 4 unspecified atom stereocenters. The number of hydrogen-bond donors (Lipinski definition) is 8. The van der Waals surface area contributed by atoms with Crippen LogP contribution in [0.25, 0.3) is 0 Å². The molecule has 4 aromatic carbocycles. The van der Waals surface area contributed by atoms with Crippen LogP contribution in [-0.2, 0) is 76.3 Å². The number of ether oxygens (including phenoxy) is 8. The number of esters is 4. The molecule has 0 spiro atoms. The molecule has 4 aromatic heterocycles. The number of nitrogens with zero attached hydrogens (tertiary/aromatic N) is 12. The number of morpholine rings is 4. The molecule has 16 rings (SSSR count). The quantitative estimate of drug-likeness (QED) is 0.0150. The van der Waals surface area contributed by atoms with Crippen LogP contribution in [0.2, 0.25) is 10.0 Å². The van der Waals surface area contributed by atoms with Crippen molar-refractivity contribution < 1.29 is 114 Å². The van der Waals surface area contributed by atoms with Crippen LogP contribution in [0.1, 0.15) is 87.2 Å². The predicted molar refractivity (Wildman–Crippen MR) is 494 cm³/mol. The number of aliphatic imine (C=N–C) groups is 4. The zero-order valence-electron chi connectivity index (χ0n) is 72.3. The topological polar surface area (TPSA) is 453 Å². The van der Waals surface area contributed by atoms with Gasteiger partial charge < -0.3 is 79.6 Å². The van der Waals surface area contributed by atoms with E-state index < -0.39 is 132 Å². The van der Waals surface area contributed by atoms with Crippen LogP contribution in [0, 0.1) is 23.3 Å². The van der Waals surface area contributed by atoms with Gasteiger partial charge >= 0.3 is 47.8 Å². The van der Waals surface area contributed by atoms with Crippen LogP contribution in [0.5, 0.6) is 0 Å². The number of rotatable bonds is 25. The highest BCUT2D eigenvalue weighted by molar-refractivity contribution is 9.10. The maximum absolute atomic E-state index is 13.8. The zero-order valence-corrected chi connectivity index (χ0v) is 80.2. The molecule has 8 N–H and O–H groups in total. The molecule has 8 aromatic rings. The molecule has 36 nitrogen and oxygen atoms in total. The molecule has 10 atom stereocenters. The molecule has 714 valence electrons. The van der Waals surface area contributed by atoms with E-state index in [1.807, 2.05) is 0 Å². The Morgan fingerprint density at radius 2 is 0.719 bits per heavy atom. The number of aliphatic carboxylic acids is 4. The van der Waals surface area contributed by atoms with Crippen LogP contribution >= 0.6 is 100 Å². The van der Waals surface area contributed by atoms with Crippen LogP contribution in [0.3, 0.4) is 0 Å². The Bertz CT molecular complexity index is 5830. The minimum absolute atomic E-state index is 0.0246. The summed E-state index contributed by atoms with van der Waals surface area (Å²) in [6.07, 6.45) is 5.42. The highest BCUT2D eigenvalue weighted by Gasteiger charge is 2.45. The minimum atomic E-state index is -1.03. The van der Waals surface area contributed by atoms with Crippen molar-refractivity contribution in [3.05, 3.63) is 249 Å². The van der Waals surface area contributed by atoms with Crippen molar-refractivity contribution in [2.24, 2.45) is 20.0 Å². The lowest BCUT2D eigenvalue weighted by atomic mass is 9.94. The van der Waals surface area contributed by atoms with E-state index in [1.54, 1.807) is 98.8 Å². The van der Waals surface area contributed by atoms with Gasteiger partial charge in [0, 0.05) is 152 Å². The number of carboxylic acid groups (broad SMARTS) is 4. The molecule has 135 heavy (non-hydrogen) atoms. The molecule has 48 heteroatoms. The second-order valence-corrected chi connectivity index (χ2v) is 36.4. The summed E-state index contributed by atoms with van der Waals surface area (Å²) in [4.78, 5) is 143. The van der Waals surface area contributed by atoms with E-state index in [1.165, 1.54) is 115 Å². The first-order valence-corrected chi connectivity index (χ1v) is 47.1. The molecule has 8 aliphatic rings. The molecular formula is C87H86Br2Cl2F4N16O20S4. The Labute approximate surface area is 810 Å². The molecular weight excluding hydrogens is 2020 g/mol. The molecule has 4 saturated heterocycles.